The average molecular weight is 366 g/mol. The fourth-order valence-corrected chi connectivity index (χ4v) is 2.74. The van der Waals surface area contributed by atoms with Gasteiger partial charge in [0.2, 0.25) is 0 Å². The number of hydrogen-bond donors (Lipinski definition) is 2. The summed E-state index contributed by atoms with van der Waals surface area (Å²) in [6.45, 7) is 11.6. The number of para-hydroxylation sites is 1. The van der Waals surface area contributed by atoms with Crippen LogP contribution in [0.25, 0.3) is 0 Å². The zero-order valence-corrected chi connectivity index (χ0v) is 16.0. The third kappa shape index (κ3) is 6.80. The van der Waals surface area contributed by atoms with Crippen molar-refractivity contribution in [1.29, 1.82) is 0 Å². The van der Waals surface area contributed by atoms with Gasteiger partial charge in [-0.05, 0) is 32.9 Å². The Balaban J connectivity index is 1.81. The highest BCUT2D eigenvalue weighted by Gasteiger charge is 2.16. The Hall–Kier alpha value is -1.86. The van der Waals surface area contributed by atoms with Crippen LogP contribution in [0.4, 0.5) is 4.39 Å². The molecular formula is C19H31FN4O2. The third-order valence-corrected chi connectivity index (χ3v) is 4.25. The summed E-state index contributed by atoms with van der Waals surface area (Å²) in [7, 11) is 0. The van der Waals surface area contributed by atoms with Crippen LogP contribution in [-0.4, -0.2) is 68.9 Å². The zero-order valence-electron chi connectivity index (χ0n) is 16.0. The molecule has 0 amide bonds. The van der Waals surface area contributed by atoms with Gasteiger partial charge in [-0.3, -0.25) is 9.89 Å². The number of guanidine groups is 1. The number of benzene rings is 1. The smallest absolute Gasteiger partial charge is 0.191 e. The molecule has 1 aromatic carbocycles. The first-order valence-electron chi connectivity index (χ1n) is 9.35. The van der Waals surface area contributed by atoms with Crippen LogP contribution in [0.1, 0.15) is 20.8 Å². The van der Waals surface area contributed by atoms with E-state index < -0.39 is 0 Å². The van der Waals surface area contributed by atoms with E-state index in [1.165, 1.54) is 6.07 Å². The lowest BCUT2D eigenvalue weighted by Crippen LogP contribution is -2.45. The number of aliphatic imine (C=N–C) groups is 1. The maximum absolute atomic E-state index is 13.7. The molecule has 1 fully saturated rings. The van der Waals surface area contributed by atoms with Crippen LogP contribution >= 0.6 is 0 Å². The number of nitrogens with zero attached hydrogens (tertiary/aromatic N) is 2. The lowest BCUT2D eigenvalue weighted by Gasteiger charge is -2.31. The molecule has 1 saturated heterocycles. The molecule has 1 aliphatic rings. The minimum atomic E-state index is -0.348. The molecule has 26 heavy (non-hydrogen) atoms. The van der Waals surface area contributed by atoms with Crippen molar-refractivity contribution in [2.75, 3.05) is 45.9 Å². The van der Waals surface area contributed by atoms with E-state index in [0.29, 0.717) is 19.1 Å². The molecule has 146 valence electrons. The molecule has 0 spiro atoms. The Morgan fingerprint density at radius 1 is 1.27 bits per heavy atom. The lowest BCUT2D eigenvalue weighted by atomic mass is 10.2. The first-order valence-corrected chi connectivity index (χ1v) is 9.35. The summed E-state index contributed by atoms with van der Waals surface area (Å²) in [5, 5.41) is 6.50. The number of hydrogen-bond acceptors (Lipinski definition) is 4. The molecule has 2 atom stereocenters. The second kappa shape index (κ2) is 11.0. The van der Waals surface area contributed by atoms with Gasteiger partial charge < -0.3 is 20.1 Å². The quantitative estimate of drug-likeness (QED) is 0.543. The van der Waals surface area contributed by atoms with Crippen LogP contribution in [-0.2, 0) is 4.74 Å². The molecule has 6 nitrogen and oxygen atoms in total. The summed E-state index contributed by atoms with van der Waals surface area (Å²) >= 11 is 0. The van der Waals surface area contributed by atoms with E-state index >= 15 is 0 Å². The fourth-order valence-electron chi connectivity index (χ4n) is 2.74. The molecule has 0 aliphatic carbocycles. The van der Waals surface area contributed by atoms with Gasteiger partial charge in [-0.2, -0.15) is 0 Å². The number of halogens is 1. The summed E-state index contributed by atoms with van der Waals surface area (Å²) in [4.78, 5) is 7.06. The minimum Gasteiger partial charge on any atom is -0.486 e. The van der Waals surface area contributed by atoms with Crippen molar-refractivity contribution in [2.45, 2.75) is 32.9 Å². The van der Waals surface area contributed by atoms with Crippen LogP contribution in [0.2, 0.25) is 0 Å². The number of morpholine rings is 1. The Morgan fingerprint density at radius 2 is 2.00 bits per heavy atom. The van der Waals surface area contributed by atoms with E-state index in [4.69, 9.17) is 9.47 Å². The molecule has 2 unspecified atom stereocenters. The molecular weight excluding hydrogens is 335 g/mol. The highest BCUT2D eigenvalue weighted by molar-refractivity contribution is 5.79. The molecule has 2 N–H and O–H groups in total. The summed E-state index contributed by atoms with van der Waals surface area (Å²) in [5.74, 6) is 0.667. The summed E-state index contributed by atoms with van der Waals surface area (Å²) in [6.07, 6.45) is -0.188. The largest absolute Gasteiger partial charge is 0.486 e. The molecule has 0 bridgehead atoms. The molecule has 1 aromatic rings. The zero-order chi connectivity index (χ0) is 18.8. The maximum atomic E-state index is 13.7. The highest BCUT2D eigenvalue weighted by Crippen LogP contribution is 2.16. The monoisotopic (exact) mass is 366 g/mol. The van der Waals surface area contributed by atoms with Crippen molar-refractivity contribution in [3.63, 3.8) is 0 Å². The Bertz CT molecular complexity index is 564. The van der Waals surface area contributed by atoms with E-state index in [0.717, 1.165) is 38.8 Å². The van der Waals surface area contributed by atoms with Crippen molar-refractivity contribution in [3.8, 4) is 5.75 Å². The Kier molecular flexibility index (Phi) is 8.64. The van der Waals surface area contributed by atoms with E-state index in [1.807, 2.05) is 13.8 Å². The summed E-state index contributed by atoms with van der Waals surface area (Å²) in [5.41, 5.74) is 0. The highest BCUT2D eigenvalue weighted by atomic mass is 19.1. The molecule has 0 radical (unpaired) electrons. The van der Waals surface area contributed by atoms with E-state index in [2.05, 4.69) is 27.4 Å². The molecule has 0 saturated carbocycles. The van der Waals surface area contributed by atoms with Crippen LogP contribution in [0, 0.1) is 5.82 Å². The van der Waals surface area contributed by atoms with Crippen molar-refractivity contribution >= 4 is 5.96 Å². The van der Waals surface area contributed by atoms with Crippen molar-refractivity contribution in [3.05, 3.63) is 30.1 Å². The normalized spacial score (nSPS) is 18.2. The number of rotatable bonds is 8. The fraction of sp³-hybridized carbons (Fsp3) is 0.632. The van der Waals surface area contributed by atoms with E-state index in [-0.39, 0.29) is 17.7 Å². The first kappa shape index (κ1) is 20.5. The van der Waals surface area contributed by atoms with Gasteiger partial charge in [0.25, 0.3) is 0 Å². The molecule has 0 aromatic heterocycles. The molecule has 1 aliphatic heterocycles. The van der Waals surface area contributed by atoms with Gasteiger partial charge in [-0.1, -0.05) is 12.1 Å². The van der Waals surface area contributed by atoms with Gasteiger partial charge >= 0.3 is 0 Å². The van der Waals surface area contributed by atoms with Gasteiger partial charge in [-0.15, -0.1) is 0 Å². The van der Waals surface area contributed by atoms with Gasteiger partial charge in [-0.25, -0.2) is 4.39 Å². The van der Waals surface area contributed by atoms with Gasteiger partial charge in [0.15, 0.2) is 17.5 Å². The van der Waals surface area contributed by atoms with Crippen LogP contribution in [0.15, 0.2) is 29.3 Å². The molecule has 1 heterocycles. The first-order chi connectivity index (χ1) is 12.6. The van der Waals surface area contributed by atoms with Crippen LogP contribution < -0.4 is 15.4 Å². The van der Waals surface area contributed by atoms with Crippen molar-refractivity contribution in [1.82, 2.24) is 15.5 Å². The Morgan fingerprint density at radius 3 is 2.69 bits per heavy atom. The number of ether oxygens (including phenoxy) is 2. The third-order valence-electron chi connectivity index (χ3n) is 4.25. The van der Waals surface area contributed by atoms with E-state index in [1.54, 1.807) is 18.2 Å². The SMILES string of the molecule is CCNC(=NCC(C)N1CCOCC1)NCC(C)Oc1ccccc1F. The molecule has 7 heteroatoms. The Labute approximate surface area is 155 Å². The van der Waals surface area contributed by atoms with Gasteiger partial charge in [0.1, 0.15) is 6.10 Å². The predicted octanol–water partition coefficient (Wildman–Crippen LogP) is 1.87. The number of nitrogens with one attached hydrogen (secondary N) is 2. The minimum absolute atomic E-state index is 0.188. The predicted molar refractivity (Wildman–Crippen MR) is 102 cm³/mol. The van der Waals surface area contributed by atoms with Gasteiger partial charge in [0.05, 0.1) is 26.3 Å². The van der Waals surface area contributed by atoms with Crippen molar-refractivity contribution in [2.24, 2.45) is 4.99 Å². The van der Waals surface area contributed by atoms with Gasteiger partial charge in [0, 0.05) is 25.7 Å². The maximum Gasteiger partial charge on any atom is 0.191 e. The summed E-state index contributed by atoms with van der Waals surface area (Å²) in [6, 6.07) is 6.80. The van der Waals surface area contributed by atoms with Crippen molar-refractivity contribution < 1.29 is 13.9 Å². The summed E-state index contributed by atoms with van der Waals surface area (Å²) < 4.78 is 24.7. The lowest BCUT2D eigenvalue weighted by molar-refractivity contribution is 0.0220. The van der Waals surface area contributed by atoms with Crippen LogP contribution in [0.3, 0.4) is 0 Å². The second-order valence-electron chi connectivity index (χ2n) is 6.46. The second-order valence-corrected chi connectivity index (χ2v) is 6.46. The average Bonchev–Trinajstić information content (AvgIpc) is 2.66. The topological polar surface area (TPSA) is 58.1 Å². The van der Waals surface area contributed by atoms with Crippen LogP contribution in [0.5, 0.6) is 5.75 Å². The molecule has 2 rings (SSSR count). The standard InChI is InChI=1S/C19H31FN4O2/c1-4-21-19(22-13-15(2)24-9-11-25-12-10-24)23-14-16(3)26-18-8-6-5-7-17(18)20/h5-8,15-16H,4,9-14H2,1-3H3,(H2,21,22,23). The van der Waals surface area contributed by atoms with E-state index in [9.17, 15) is 4.39 Å².